The van der Waals surface area contributed by atoms with Crippen molar-refractivity contribution in [2.45, 2.75) is 13.5 Å². The smallest absolute Gasteiger partial charge is 0.290 e. The van der Waals surface area contributed by atoms with E-state index in [2.05, 4.69) is 10.3 Å². The van der Waals surface area contributed by atoms with Gasteiger partial charge in [0, 0.05) is 18.3 Å². The van der Waals surface area contributed by atoms with Gasteiger partial charge in [0.1, 0.15) is 11.5 Å². The summed E-state index contributed by atoms with van der Waals surface area (Å²) < 4.78 is 0. The summed E-state index contributed by atoms with van der Waals surface area (Å²) >= 11 is 0. The van der Waals surface area contributed by atoms with Crippen LogP contribution in [0.3, 0.4) is 0 Å². The molecule has 0 aliphatic heterocycles. The van der Waals surface area contributed by atoms with Gasteiger partial charge in [-0.25, -0.2) is 4.98 Å². The molecule has 3 N–H and O–H groups in total. The van der Waals surface area contributed by atoms with Crippen LogP contribution in [-0.4, -0.2) is 9.91 Å². The molecule has 6 heteroatoms. The minimum atomic E-state index is -0.438. The zero-order valence-electron chi connectivity index (χ0n) is 10.5. The molecule has 0 fully saturated rings. The highest BCUT2D eigenvalue weighted by atomic mass is 16.6. The lowest BCUT2D eigenvalue weighted by molar-refractivity contribution is -0.385. The molecule has 0 atom stereocenters. The van der Waals surface area contributed by atoms with Crippen LogP contribution >= 0.6 is 0 Å². The van der Waals surface area contributed by atoms with Crippen molar-refractivity contribution in [3.63, 3.8) is 0 Å². The molecule has 98 valence electrons. The van der Waals surface area contributed by atoms with Gasteiger partial charge in [-0.1, -0.05) is 12.1 Å². The van der Waals surface area contributed by atoms with Gasteiger partial charge in [0.15, 0.2) is 0 Å². The highest BCUT2D eigenvalue weighted by molar-refractivity contribution is 5.46. The molecule has 1 heterocycles. The molecule has 0 saturated heterocycles. The van der Waals surface area contributed by atoms with Crippen molar-refractivity contribution < 1.29 is 4.92 Å². The summed E-state index contributed by atoms with van der Waals surface area (Å²) in [5.41, 5.74) is 7.80. The van der Waals surface area contributed by atoms with Crippen LogP contribution in [0, 0.1) is 17.0 Å². The number of nitro groups is 1. The lowest BCUT2D eigenvalue weighted by atomic mass is 10.2. The Bertz CT molecular complexity index is 596. The maximum absolute atomic E-state index is 10.7. The number of hydrogen-bond donors (Lipinski definition) is 2. The van der Waals surface area contributed by atoms with Crippen LogP contribution < -0.4 is 11.1 Å². The van der Waals surface area contributed by atoms with Gasteiger partial charge in [-0.15, -0.1) is 0 Å². The fourth-order valence-electron chi connectivity index (χ4n) is 1.67. The predicted molar refractivity (Wildman–Crippen MR) is 73.8 cm³/mol. The lowest BCUT2D eigenvalue weighted by Crippen LogP contribution is -2.03. The third kappa shape index (κ3) is 3.19. The Hall–Kier alpha value is -2.63. The van der Waals surface area contributed by atoms with Crippen LogP contribution in [0.25, 0.3) is 0 Å². The molecule has 0 aliphatic carbocycles. The molecular weight excluding hydrogens is 244 g/mol. The van der Waals surface area contributed by atoms with Crippen molar-refractivity contribution in [1.29, 1.82) is 0 Å². The minimum absolute atomic E-state index is 0.0260. The number of nitrogens with one attached hydrogen (secondary N) is 1. The number of anilines is 2. The van der Waals surface area contributed by atoms with Crippen molar-refractivity contribution >= 4 is 17.2 Å². The zero-order valence-corrected chi connectivity index (χ0v) is 10.5. The van der Waals surface area contributed by atoms with Gasteiger partial charge < -0.3 is 11.1 Å². The topological polar surface area (TPSA) is 94.1 Å². The third-order valence-corrected chi connectivity index (χ3v) is 2.71. The normalized spacial score (nSPS) is 10.2. The molecule has 19 heavy (non-hydrogen) atoms. The van der Waals surface area contributed by atoms with E-state index in [-0.39, 0.29) is 5.69 Å². The summed E-state index contributed by atoms with van der Waals surface area (Å²) in [4.78, 5) is 14.4. The summed E-state index contributed by atoms with van der Waals surface area (Å²) in [6, 6.07) is 10.5. The van der Waals surface area contributed by atoms with Gasteiger partial charge in [-0.3, -0.25) is 10.1 Å². The first-order valence-electron chi connectivity index (χ1n) is 5.76. The van der Waals surface area contributed by atoms with E-state index in [0.717, 1.165) is 5.56 Å². The molecule has 0 spiro atoms. The average Bonchev–Trinajstić information content (AvgIpc) is 2.37. The van der Waals surface area contributed by atoms with E-state index in [1.165, 1.54) is 6.07 Å². The van der Waals surface area contributed by atoms with Gasteiger partial charge in [-0.05, 0) is 30.7 Å². The Balaban J connectivity index is 2.06. The van der Waals surface area contributed by atoms with Gasteiger partial charge in [0.05, 0.1) is 4.92 Å². The van der Waals surface area contributed by atoms with E-state index >= 15 is 0 Å². The highest BCUT2D eigenvalue weighted by Crippen LogP contribution is 2.18. The van der Waals surface area contributed by atoms with Crippen LogP contribution in [0.15, 0.2) is 36.4 Å². The Morgan fingerprint density at radius 1 is 1.26 bits per heavy atom. The van der Waals surface area contributed by atoms with E-state index in [4.69, 9.17) is 5.73 Å². The third-order valence-electron chi connectivity index (χ3n) is 2.71. The van der Waals surface area contributed by atoms with Crippen LogP contribution in [0.2, 0.25) is 0 Å². The molecule has 2 rings (SSSR count). The molecular formula is C13H14N4O2. The van der Waals surface area contributed by atoms with Crippen LogP contribution in [0.5, 0.6) is 0 Å². The van der Waals surface area contributed by atoms with Crippen molar-refractivity contribution in [3.05, 3.63) is 57.8 Å². The number of hydrogen-bond acceptors (Lipinski definition) is 5. The van der Waals surface area contributed by atoms with E-state index < -0.39 is 4.92 Å². The molecule has 0 saturated carbocycles. The fourth-order valence-corrected chi connectivity index (χ4v) is 1.67. The van der Waals surface area contributed by atoms with E-state index in [1.54, 1.807) is 13.0 Å². The summed E-state index contributed by atoms with van der Waals surface area (Å²) in [7, 11) is 0. The quantitative estimate of drug-likeness (QED) is 0.499. The van der Waals surface area contributed by atoms with Gasteiger partial charge in [-0.2, -0.15) is 0 Å². The van der Waals surface area contributed by atoms with Crippen molar-refractivity contribution in [3.8, 4) is 0 Å². The number of pyridine rings is 1. The highest BCUT2D eigenvalue weighted by Gasteiger charge is 2.11. The summed E-state index contributed by atoms with van der Waals surface area (Å²) in [5, 5.41) is 13.8. The number of nitrogens with zero attached hydrogens (tertiary/aromatic N) is 2. The Morgan fingerprint density at radius 3 is 2.53 bits per heavy atom. The Morgan fingerprint density at radius 2 is 1.95 bits per heavy atom. The molecule has 0 unspecified atom stereocenters. The fraction of sp³-hybridized carbons (Fsp3) is 0.154. The molecule has 0 radical (unpaired) electrons. The molecule has 6 nitrogen and oxygen atoms in total. The molecule has 1 aromatic carbocycles. The summed E-state index contributed by atoms with van der Waals surface area (Å²) in [6.07, 6.45) is 0. The predicted octanol–water partition coefficient (Wildman–Crippen LogP) is 2.49. The summed E-state index contributed by atoms with van der Waals surface area (Å²) in [6.45, 7) is 2.21. The first-order valence-corrected chi connectivity index (χ1v) is 5.76. The van der Waals surface area contributed by atoms with Crippen LogP contribution in [-0.2, 0) is 6.54 Å². The number of benzene rings is 1. The van der Waals surface area contributed by atoms with Crippen molar-refractivity contribution in [2.24, 2.45) is 0 Å². The Labute approximate surface area is 110 Å². The van der Waals surface area contributed by atoms with Crippen molar-refractivity contribution in [1.82, 2.24) is 4.98 Å². The van der Waals surface area contributed by atoms with Gasteiger partial charge >= 0.3 is 0 Å². The second-order valence-corrected chi connectivity index (χ2v) is 4.15. The number of nitrogen functional groups attached to an aromatic ring is 1. The van der Waals surface area contributed by atoms with E-state index in [1.807, 2.05) is 24.3 Å². The van der Waals surface area contributed by atoms with Crippen molar-refractivity contribution in [2.75, 3.05) is 11.1 Å². The zero-order chi connectivity index (χ0) is 13.8. The first-order chi connectivity index (χ1) is 9.06. The maximum atomic E-state index is 10.7. The lowest BCUT2D eigenvalue weighted by Gasteiger charge is -2.07. The number of rotatable bonds is 4. The molecule has 0 amide bonds. The first kappa shape index (κ1) is 12.8. The number of aryl methyl sites for hydroxylation is 1. The maximum Gasteiger partial charge on any atom is 0.290 e. The molecule has 0 aliphatic rings. The minimum Gasteiger partial charge on any atom is -0.399 e. The second-order valence-electron chi connectivity index (χ2n) is 4.15. The largest absolute Gasteiger partial charge is 0.399 e. The van der Waals surface area contributed by atoms with Crippen LogP contribution in [0.1, 0.15) is 11.3 Å². The Kier molecular flexibility index (Phi) is 3.61. The van der Waals surface area contributed by atoms with E-state index in [0.29, 0.717) is 23.7 Å². The summed E-state index contributed by atoms with van der Waals surface area (Å²) in [5.74, 6) is 0.611. The molecule has 2 aromatic rings. The average molecular weight is 258 g/mol. The monoisotopic (exact) mass is 258 g/mol. The van der Waals surface area contributed by atoms with E-state index in [9.17, 15) is 10.1 Å². The second kappa shape index (κ2) is 5.34. The van der Waals surface area contributed by atoms with Gasteiger partial charge in [0.2, 0.25) is 0 Å². The standard InChI is InChI=1S/C13H14N4O2/c1-9-12(17(18)19)6-7-13(16-9)15-8-10-2-4-11(14)5-3-10/h2-7H,8,14H2,1H3,(H,15,16). The number of aromatic nitrogens is 1. The number of nitrogens with two attached hydrogens (primary N) is 1. The van der Waals surface area contributed by atoms with Crippen LogP contribution in [0.4, 0.5) is 17.2 Å². The molecule has 0 bridgehead atoms. The molecule has 1 aromatic heterocycles. The SMILES string of the molecule is Cc1nc(NCc2ccc(N)cc2)ccc1[N+](=O)[O-]. The van der Waals surface area contributed by atoms with Gasteiger partial charge in [0.25, 0.3) is 5.69 Å².